The third kappa shape index (κ3) is 2.13. The molecule has 0 N–H and O–H groups in total. The number of rotatable bonds is 1. The first-order valence-electron chi connectivity index (χ1n) is 4.70. The average Bonchev–Trinajstić information content (AvgIpc) is 2.17. The van der Waals surface area contributed by atoms with Gasteiger partial charge in [0.2, 0.25) is 5.28 Å². The molecule has 1 heterocycles. The Balaban J connectivity index is 2.81. The summed E-state index contributed by atoms with van der Waals surface area (Å²) in [5.41, 5.74) is 1.88. The summed E-state index contributed by atoms with van der Waals surface area (Å²) in [5.74, 6) is 0.335. The average molecular weight is 286 g/mol. The van der Waals surface area contributed by atoms with Crippen LogP contribution in [0.1, 0.15) is 25.5 Å². The molecule has 1 aromatic carbocycles. The summed E-state index contributed by atoms with van der Waals surface area (Å²) in [6.45, 7) is 4.19. The Bertz CT molecular complexity index is 511. The van der Waals surface area contributed by atoms with Crippen molar-refractivity contribution in [2.75, 3.05) is 0 Å². The predicted octanol–water partition coefficient (Wildman–Crippen LogP) is 4.17. The highest BCUT2D eigenvalue weighted by atomic mass is 79.9. The van der Waals surface area contributed by atoms with Crippen LogP contribution in [-0.2, 0) is 0 Å². The molecule has 0 atom stereocenters. The molecule has 0 radical (unpaired) electrons. The van der Waals surface area contributed by atoms with Crippen LogP contribution >= 0.6 is 27.5 Å². The molecule has 15 heavy (non-hydrogen) atoms. The van der Waals surface area contributed by atoms with Gasteiger partial charge in [-0.2, -0.15) is 0 Å². The van der Waals surface area contributed by atoms with Gasteiger partial charge in [0.15, 0.2) is 0 Å². The molecule has 1 aromatic heterocycles. The molecule has 0 aliphatic heterocycles. The fraction of sp³-hybridized carbons (Fsp3) is 0.273. The molecular formula is C11H10BrClN2. The van der Waals surface area contributed by atoms with Crippen LogP contribution in [0.3, 0.4) is 0 Å². The smallest absolute Gasteiger partial charge is 0.222 e. The number of hydrogen-bond donors (Lipinski definition) is 0. The summed E-state index contributed by atoms with van der Waals surface area (Å²) < 4.78 is 1.03. The lowest BCUT2D eigenvalue weighted by atomic mass is 10.1. The van der Waals surface area contributed by atoms with E-state index >= 15 is 0 Å². The minimum atomic E-state index is 0.313. The van der Waals surface area contributed by atoms with E-state index in [0.717, 1.165) is 21.1 Å². The second-order valence-corrected chi connectivity index (χ2v) is 4.95. The Morgan fingerprint density at radius 3 is 2.67 bits per heavy atom. The zero-order chi connectivity index (χ0) is 11.0. The van der Waals surface area contributed by atoms with Crippen LogP contribution in [0.4, 0.5) is 0 Å². The Morgan fingerprint density at radius 1 is 1.27 bits per heavy atom. The number of halogens is 2. The molecule has 78 valence electrons. The van der Waals surface area contributed by atoms with Crippen molar-refractivity contribution >= 4 is 38.4 Å². The summed E-state index contributed by atoms with van der Waals surface area (Å²) >= 11 is 9.32. The van der Waals surface area contributed by atoms with Gasteiger partial charge in [-0.25, -0.2) is 9.97 Å². The van der Waals surface area contributed by atoms with Gasteiger partial charge in [-0.1, -0.05) is 29.8 Å². The first-order chi connectivity index (χ1) is 7.08. The van der Waals surface area contributed by atoms with Crippen LogP contribution < -0.4 is 0 Å². The fourth-order valence-corrected chi connectivity index (χ4v) is 2.08. The van der Waals surface area contributed by atoms with Crippen LogP contribution in [0.2, 0.25) is 5.28 Å². The minimum Gasteiger partial charge on any atom is -0.222 e. The van der Waals surface area contributed by atoms with Gasteiger partial charge < -0.3 is 0 Å². The second-order valence-electron chi connectivity index (χ2n) is 3.69. The number of hydrogen-bond acceptors (Lipinski definition) is 2. The molecule has 0 saturated carbocycles. The molecule has 0 saturated heterocycles. The van der Waals surface area contributed by atoms with E-state index in [9.17, 15) is 0 Å². The third-order valence-corrected chi connectivity index (χ3v) is 2.87. The highest BCUT2D eigenvalue weighted by Crippen LogP contribution is 2.26. The maximum atomic E-state index is 5.87. The van der Waals surface area contributed by atoms with E-state index in [0.29, 0.717) is 11.2 Å². The quantitative estimate of drug-likeness (QED) is 0.735. The molecule has 0 aliphatic rings. The summed E-state index contributed by atoms with van der Waals surface area (Å²) in [5, 5.41) is 1.37. The lowest BCUT2D eigenvalue weighted by Crippen LogP contribution is -1.97. The van der Waals surface area contributed by atoms with Crippen molar-refractivity contribution in [2.24, 2.45) is 0 Å². The Morgan fingerprint density at radius 2 is 2.00 bits per heavy atom. The van der Waals surface area contributed by atoms with Gasteiger partial charge in [0.25, 0.3) is 0 Å². The van der Waals surface area contributed by atoms with Crippen molar-refractivity contribution < 1.29 is 0 Å². The molecule has 2 rings (SSSR count). The fourth-order valence-electron chi connectivity index (χ4n) is 1.54. The number of fused-ring (bicyclic) bond motifs is 1. The third-order valence-electron chi connectivity index (χ3n) is 2.21. The van der Waals surface area contributed by atoms with Gasteiger partial charge in [-0.3, -0.25) is 0 Å². The molecular weight excluding hydrogens is 275 g/mol. The molecule has 0 aliphatic carbocycles. The standard InChI is InChI=1S/C11H10BrClN2/c1-6(2)10-8-5-7(12)3-4-9(8)14-11(13)15-10/h3-6H,1-2H3. The molecule has 0 bridgehead atoms. The topological polar surface area (TPSA) is 25.8 Å². The van der Waals surface area contributed by atoms with Crippen molar-refractivity contribution in [3.05, 3.63) is 33.6 Å². The molecule has 0 unspecified atom stereocenters. The highest BCUT2D eigenvalue weighted by Gasteiger charge is 2.10. The molecule has 2 nitrogen and oxygen atoms in total. The first kappa shape index (κ1) is 10.8. The van der Waals surface area contributed by atoms with Gasteiger partial charge in [0.05, 0.1) is 11.2 Å². The zero-order valence-electron chi connectivity index (χ0n) is 8.46. The van der Waals surface area contributed by atoms with Crippen molar-refractivity contribution in [1.82, 2.24) is 9.97 Å². The van der Waals surface area contributed by atoms with Gasteiger partial charge in [-0.05, 0) is 35.7 Å². The largest absolute Gasteiger partial charge is 0.223 e. The normalized spacial score (nSPS) is 11.3. The van der Waals surface area contributed by atoms with Crippen molar-refractivity contribution in [3.8, 4) is 0 Å². The van der Waals surface area contributed by atoms with Crippen molar-refractivity contribution in [1.29, 1.82) is 0 Å². The number of benzene rings is 1. The number of aromatic nitrogens is 2. The van der Waals surface area contributed by atoms with E-state index in [1.54, 1.807) is 0 Å². The lowest BCUT2D eigenvalue weighted by molar-refractivity contribution is 0.829. The first-order valence-corrected chi connectivity index (χ1v) is 5.87. The van der Waals surface area contributed by atoms with E-state index < -0.39 is 0 Å². The van der Waals surface area contributed by atoms with Gasteiger partial charge >= 0.3 is 0 Å². The van der Waals surface area contributed by atoms with E-state index in [2.05, 4.69) is 39.7 Å². The summed E-state index contributed by atoms with van der Waals surface area (Å²) in [6.07, 6.45) is 0. The maximum Gasteiger partial charge on any atom is 0.223 e. The monoisotopic (exact) mass is 284 g/mol. The summed E-state index contributed by atoms with van der Waals surface area (Å²) in [7, 11) is 0. The Labute approximate surface area is 102 Å². The van der Waals surface area contributed by atoms with Crippen molar-refractivity contribution in [2.45, 2.75) is 19.8 Å². The van der Waals surface area contributed by atoms with E-state index in [4.69, 9.17) is 11.6 Å². The molecule has 2 aromatic rings. The van der Waals surface area contributed by atoms with Crippen LogP contribution in [0, 0.1) is 0 Å². The van der Waals surface area contributed by atoms with Crippen LogP contribution in [0.15, 0.2) is 22.7 Å². The molecule has 4 heteroatoms. The van der Waals surface area contributed by atoms with Crippen LogP contribution in [-0.4, -0.2) is 9.97 Å². The van der Waals surface area contributed by atoms with Crippen LogP contribution in [0.25, 0.3) is 10.9 Å². The molecule has 0 spiro atoms. The van der Waals surface area contributed by atoms with Crippen molar-refractivity contribution in [3.63, 3.8) is 0 Å². The number of nitrogens with zero attached hydrogens (tertiary/aromatic N) is 2. The predicted molar refractivity (Wildman–Crippen MR) is 66.3 cm³/mol. The van der Waals surface area contributed by atoms with E-state index in [-0.39, 0.29) is 0 Å². The summed E-state index contributed by atoms with van der Waals surface area (Å²) in [4.78, 5) is 8.47. The SMILES string of the molecule is CC(C)c1nc(Cl)nc2ccc(Br)cc12. The van der Waals surface area contributed by atoms with E-state index in [1.165, 1.54) is 0 Å². The van der Waals surface area contributed by atoms with Gasteiger partial charge in [0.1, 0.15) is 0 Å². The second kappa shape index (κ2) is 4.06. The maximum absolute atomic E-state index is 5.87. The Hall–Kier alpha value is -0.670. The Kier molecular flexibility index (Phi) is 2.94. The molecule has 0 amide bonds. The lowest BCUT2D eigenvalue weighted by Gasteiger charge is -2.09. The zero-order valence-corrected chi connectivity index (χ0v) is 10.8. The van der Waals surface area contributed by atoms with Gasteiger partial charge in [0, 0.05) is 9.86 Å². The summed E-state index contributed by atoms with van der Waals surface area (Å²) in [6, 6.07) is 5.93. The van der Waals surface area contributed by atoms with Gasteiger partial charge in [-0.15, -0.1) is 0 Å². The minimum absolute atomic E-state index is 0.313. The van der Waals surface area contributed by atoms with Crippen LogP contribution in [0.5, 0.6) is 0 Å². The molecule has 0 fully saturated rings. The van der Waals surface area contributed by atoms with E-state index in [1.807, 2.05) is 18.2 Å². The highest BCUT2D eigenvalue weighted by molar-refractivity contribution is 9.10.